The molecule has 0 radical (unpaired) electrons. The third kappa shape index (κ3) is 3.83. The van der Waals surface area contributed by atoms with Gasteiger partial charge in [-0.1, -0.05) is 0 Å². The Bertz CT molecular complexity index is 907. The molecule has 1 heterocycles. The molecule has 0 aliphatic rings. The minimum Gasteiger partial charge on any atom is -0.497 e. The van der Waals surface area contributed by atoms with Crippen molar-refractivity contribution in [3.8, 4) is 11.5 Å². The predicted molar refractivity (Wildman–Crippen MR) is 95.2 cm³/mol. The fraction of sp³-hybridized carbons (Fsp3) is 0.158. The van der Waals surface area contributed by atoms with Gasteiger partial charge >= 0.3 is 0 Å². The van der Waals surface area contributed by atoms with Crippen LogP contribution in [-0.4, -0.2) is 29.9 Å². The number of rotatable bonds is 6. The van der Waals surface area contributed by atoms with Crippen LogP contribution in [0.1, 0.15) is 15.9 Å². The molecule has 6 nitrogen and oxygen atoms in total. The van der Waals surface area contributed by atoms with Crippen molar-refractivity contribution >= 4 is 11.7 Å². The van der Waals surface area contributed by atoms with Gasteiger partial charge in [-0.3, -0.25) is 4.79 Å². The highest BCUT2D eigenvalue weighted by Gasteiger charge is 2.12. The molecule has 0 saturated heterocycles. The summed E-state index contributed by atoms with van der Waals surface area (Å²) in [5.41, 5.74) is 1.25. The number of hydrogen-bond acceptors (Lipinski definition) is 4. The number of carbonyl (C=O) groups excluding carboxylic acids is 1. The molecule has 134 valence electrons. The molecule has 0 fully saturated rings. The zero-order valence-electron chi connectivity index (χ0n) is 14.4. The molecule has 3 aromatic rings. The monoisotopic (exact) mass is 355 g/mol. The second-order valence-corrected chi connectivity index (χ2v) is 5.51. The first-order valence-corrected chi connectivity index (χ1v) is 7.90. The van der Waals surface area contributed by atoms with Gasteiger partial charge in [0.2, 0.25) is 0 Å². The summed E-state index contributed by atoms with van der Waals surface area (Å²) in [6.07, 6.45) is 1.59. The van der Waals surface area contributed by atoms with E-state index in [2.05, 4.69) is 10.4 Å². The summed E-state index contributed by atoms with van der Waals surface area (Å²) >= 11 is 0. The van der Waals surface area contributed by atoms with Crippen molar-refractivity contribution in [2.75, 3.05) is 19.5 Å². The van der Waals surface area contributed by atoms with E-state index in [1.54, 1.807) is 37.2 Å². The molecule has 26 heavy (non-hydrogen) atoms. The van der Waals surface area contributed by atoms with Crippen molar-refractivity contribution in [1.29, 1.82) is 0 Å². The molecule has 1 N–H and O–H groups in total. The molecule has 0 bridgehead atoms. The highest BCUT2D eigenvalue weighted by Crippen LogP contribution is 2.26. The maximum atomic E-state index is 13.0. The topological polar surface area (TPSA) is 65.4 Å². The van der Waals surface area contributed by atoms with Crippen LogP contribution in [0.15, 0.2) is 54.7 Å². The number of nitrogens with zero attached hydrogens (tertiary/aromatic N) is 2. The van der Waals surface area contributed by atoms with E-state index in [0.717, 1.165) is 5.56 Å². The van der Waals surface area contributed by atoms with Crippen LogP contribution in [0.5, 0.6) is 11.5 Å². The number of carbonyl (C=O) groups is 1. The number of benzene rings is 2. The number of nitrogens with one attached hydrogen (secondary N) is 1. The van der Waals surface area contributed by atoms with Gasteiger partial charge in [0.05, 0.1) is 27.0 Å². The average molecular weight is 355 g/mol. The summed E-state index contributed by atoms with van der Waals surface area (Å²) in [4.78, 5) is 12.3. The van der Waals surface area contributed by atoms with E-state index in [-0.39, 0.29) is 5.91 Å². The maximum Gasteiger partial charge on any atom is 0.256 e. The lowest BCUT2D eigenvalue weighted by Crippen LogP contribution is -2.16. The Hall–Kier alpha value is -3.35. The van der Waals surface area contributed by atoms with E-state index in [1.165, 1.54) is 24.3 Å². The zero-order chi connectivity index (χ0) is 18.5. The number of amides is 1. The minimum atomic E-state index is -0.391. The maximum absolute atomic E-state index is 13.0. The standard InChI is InChI=1S/C19H18FN3O3/c1-25-16-8-5-14(17(11-16)26-2)12-23-18(9-10-21-23)22-19(24)13-3-6-15(20)7-4-13/h3-11H,12H2,1-2H3,(H,22,24). The van der Waals surface area contributed by atoms with Crippen molar-refractivity contribution in [2.24, 2.45) is 0 Å². The van der Waals surface area contributed by atoms with Gasteiger partial charge in [-0.2, -0.15) is 5.10 Å². The Morgan fingerprint density at radius 1 is 1.12 bits per heavy atom. The van der Waals surface area contributed by atoms with Crippen LogP contribution in [0.2, 0.25) is 0 Å². The van der Waals surface area contributed by atoms with Crippen LogP contribution < -0.4 is 14.8 Å². The lowest BCUT2D eigenvalue weighted by Gasteiger charge is -2.13. The second kappa shape index (κ2) is 7.69. The van der Waals surface area contributed by atoms with Gasteiger partial charge in [0.1, 0.15) is 23.1 Å². The largest absolute Gasteiger partial charge is 0.497 e. The number of ether oxygens (including phenoxy) is 2. The van der Waals surface area contributed by atoms with Gasteiger partial charge < -0.3 is 14.8 Å². The summed E-state index contributed by atoms with van der Waals surface area (Å²) in [5, 5.41) is 7.03. The van der Waals surface area contributed by atoms with Crippen LogP contribution in [-0.2, 0) is 6.54 Å². The van der Waals surface area contributed by atoms with Gasteiger partial charge in [-0.05, 0) is 36.4 Å². The number of aromatic nitrogens is 2. The first-order valence-electron chi connectivity index (χ1n) is 7.90. The third-order valence-electron chi connectivity index (χ3n) is 3.88. The number of anilines is 1. The van der Waals surface area contributed by atoms with Crippen molar-refractivity contribution in [3.63, 3.8) is 0 Å². The number of hydrogen-bond donors (Lipinski definition) is 1. The van der Waals surface area contributed by atoms with E-state index >= 15 is 0 Å². The molecule has 7 heteroatoms. The Kier molecular flexibility index (Phi) is 5.17. The van der Waals surface area contributed by atoms with E-state index in [4.69, 9.17) is 9.47 Å². The second-order valence-electron chi connectivity index (χ2n) is 5.51. The smallest absolute Gasteiger partial charge is 0.256 e. The highest BCUT2D eigenvalue weighted by molar-refractivity contribution is 6.03. The normalized spacial score (nSPS) is 10.4. The van der Waals surface area contributed by atoms with Gasteiger partial charge in [-0.15, -0.1) is 0 Å². The molecule has 1 amide bonds. The fourth-order valence-corrected chi connectivity index (χ4v) is 2.50. The Morgan fingerprint density at radius 2 is 1.88 bits per heavy atom. The van der Waals surface area contributed by atoms with Gasteiger partial charge in [0.25, 0.3) is 5.91 Å². The SMILES string of the molecule is COc1ccc(Cn2nccc2NC(=O)c2ccc(F)cc2)c(OC)c1. The number of halogens is 1. The van der Waals surface area contributed by atoms with Gasteiger partial charge in [0.15, 0.2) is 0 Å². The molecule has 0 unspecified atom stereocenters. The molecular weight excluding hydrogens is 337 g/mol. The summed E-state index contributed by atoms with van der Waals surface area (Å²) < 4.78 is 25.2. The lowest BCUT2D eigenvalue weighted by molar-refractivity contribution is 0.102. The number of methoxy groups -OCH3 is 2. The molecule has 0 atom stereocenters. The Morgan fingerprint density at radius 3 is 2.58 bits per heavy atom. The summed E-state index contributed by atoms with van der Waals surface area (Å²) in [7, 11) is 3.17. The average Bonchev–Trinajstić information content (AvgIpc) is 3.09. The van der Waals surface area contributed by atoms with Crippen molar-refractivity contribution in [3.05, 3.63) is 71.7 Å². The lowest BCUT2D eigenvalue weighted by atomic mass is 10.2. The quantitative estimate of drug-likeness (QED) is 0.736. The molecule has 0 saturated carbocycles. The van der Waals surface area contributed by atoms with E-state index in [9.17, 15) is 9.18 Å². The van der Waals surface area contributed by atoms with Crippen LogP contribution in [0, 0.1) is 5.82 Å². The van der Waals surface area contributed by atoms with E-state index in [1.807, 2.05) is 12.1 Å². The highest BCUT2D eigenvalue weighted by atomic mass is 19.1. The zero-order valence-corrected chi connectivity index (χ0v) is 14.4. The van der Waals surface area contributed by atoms with E-state index in [0.29, 0.717) is 29.4 Å². The van der Waals surface area contributed by atoms with Crippen LogP contribution in [0.25, 0.3) is 0 Å². The summed E-state index contributed by atoms with van der Waals surface area (Å²) in [6.45, 7) is 0.402. The van der Waals surface area contributed by atoms with Gasteiger partial charge in [0, 0.05) is 23.3 Å². The molecule has 2 aromatic carbocycles. The van der Waals surface area contributed by atoms with E-state index < -0.39 is 5.82 Å². The molecule has 0 aliphatic heterocycles. The summed E-state index contributed by atoms with van der Waals surface area (Å²) in [5.74, 6) is 1.15. The Balaban J connectivity index is 1.79. The third-order valence-corrected chi connectivity index (χ3v) is 3.88. The van der Waals surface area contributed by atoms with Crippen LogP contribution in [0.4, 0.5) is 10.2 Å². The predicted octanol–water partition coefficient (Wildman–Crippen LogP) is 3.34. The molecule has 3 rings (SSSR count). The molecule has 1 aromatic heterocycles. The summed E-state index contributed by atoms with van der Waals surface area (Å²) in [6, 6.07) is 12.5. The Labute approximate surface area is 150 Å². The van der Waals surface area contributed by atoms with Crippen molar-refractivity contribution < 1.29 is 18.7 Å². The first kappa shape index (κ1) is 17.5. The van der Waals surface area contributed by atoms with Crippen molar-refractivity contribution in [1.82, 2.24) is 9.78 Å². The van der Waals surface area contributed by atoms with Crippen molar-refractivity contribution in [2.45, 2.75) is 6.54 Å². The molecule has 0 aliphatic carbocycles. The molecule has 0 spiro atoms. The fourth-order valence-electron chi connectivity index (χ4n) is 2.50. The van der Waals surface area contributed by atoms with Crippen LogP contribution >= 0.6 is 0 Å². The minimum absolute atomic E-state index is 0.339. The van der Waals surface area contributed by atoms with Gasteiger partial charge in [-0.25, -0.2) is 9.07 Å². The first-order chi connectivity index (χ1) is 12.6. The van der Waals surface area contributed by atoms with Crippen LogP contribution in [0.3, 0.4) is 0 Å². The molecular formula is C19H18FN3O3.